The molecule has 1 nitrogen and oxygen atoms in total. The number of allylic oxidation sites excluding steroid dienone is 3. The summed E-state index contributed by atoms with van der Waals surface area (Å²) < 4.78 is 0. The molecule has 0 heterocycles. The summed E-state index contributed by atoms with van der Waals surface area (Å²) in [5.74, 6) is 0.567. The molecule has 1 N–H and O–H groups in total. The Balaban J connectivity index is 2.84. The summed E-state index contributed by atoms with van der Waals surface area (Å²) in [5, 5.41) is 9.64. The van der Waals surface area contributed by atoms with Gasteiger partial charge in [0.2, 0.25) is 0 Å². The first-order valence-electron chi connectivity index (χ1n) is 6.88. The fourth-order valence-electron chi connectivity index (χ4n) is 3.10. The number of hydrogen-bond acceptors (Lipinski definition) is 1. The second-order valence-electron chi connectivity index (χ2n) is 6.14. The maximum Gasteiger partial charge on any atom is 0.0487 e. The zero-order valence-corrected chi connectivity index (χ0v) is 12.0. The third kappa shape index (κ3) is 3.45. The lowest BCUT2D eigenvalue weighted by molar-refractivity contribution is 0.129. The van der Waals surface area contributed by atoms with Crippen molar-refractivity contribution in [2.45, 2.75) is 59.8 Å². The van der Waals surface area contributed by atoms with Crippen LogP contribution in [0.3, 0.4) is 0 Å². The monoisotopic (exact) mass is 236 g/mol. The van der Waals surface area contributed by atoms with E-state index in [1.165, 1.54) is 24.0 Å². The van der Waals surface area contributed by atoms with Gasteiger partial charge in [-0.25, -0.2) is 0 Å². The van der Waals surface area contributed by atoms with Crippen LogP contribution in [0.25, 0.3) is 0 Å². The summed E-state index contributed by atoms with van der Waals surface area (Å²) in [7, 11) is 0. The highest BCUT2D eigenvalue weighted by Gasteiger charge is 2.31. The predicted molar refractivity (Wildman–Crippen MR) is 75.0 cm³/mol. The highest BCUT2D eigenvalue weighted by molar-refractivity contribution is 5.29. The van der Waals surface area contributed by atoms with Gasteiger partial charge in [-0.15, -0.1) is 0 Å². The van der Waals surface area contributed by atoms with Gasteiger partial charge in [-0.2, -0.15) is 0 Å². The quantitative estimate of drug-likeness (QED) is 0.674. The molecule has 2 unspecified atom stereocenters. The van der Waals surface area contributed by atoms with Crippen molar-refractivity contribution < 1.29 is 5.11 Å². The minimum Gasteiger partial charge on any atom is -0.396 e. The van der Waals surface area contributed by atoms with Crippen LogP contribution in [-0.4, -0.2) is 11.7 Å². The SMILES string of the molecule is C=C(C)C1CCC(C)=C1CC(C)(CO)CCC. The average molecular weight is 236 g/mol. The van der Waals surface area contributed by atoms with Gasteiger partial charge in [0.05, 0.1) is 0 Å². The van der Waals surface area contributed by atoms with E-state index >= 15 is 0 Å². The Morgan fingerprint density at radius 1 is 1.53 bits per heavy atom. The first kappa shape index (κ1) is 14.5. The van der Waals surface area contributed by atoms with Crippen LogP contribution in [0.15, 0.2) is 23.3 Å². The van der Waals surface area contributed by atoms with E-state index in [0.29, 0.717) is 12.5 Å². The Morgan fingerprint density at radius 2 is 2.18 bits per heavy atom. The number of hydrogen-bond donors (Lipinski definition) is 1. The standard InChI is InChI=1S/C16H28O/c1-6-9-16(5,11-17)10-15-13(4)7-8-14(15)12(2)3/h14,17H,2,6-11H2,1,3-5H3. The third-order valence-corrected chi connectivity index (χ3v) is 4.22. The first-order valence-corrected chi connectivity index (χ1v) is 6.88. The third-order valence-electron chi connectivity index (χ3n) is 4.22. The smallest absolute Gasteiger partial charge is 0.0487 e. The van der Waals surface area contributed by atoms with Crippen LogP contribution in [0.4, 0.5) is 0 Å². The molecule has 0 aromatic heterocycles. The van der Waals surface area contributed by atoms with Crippen molar-refractivity contribution in [2.75, 3.05) is 6.61 Å². The van der Waals surface area contributed by atoms with Crippen LogP contribution in [0.1, 0.15) is 59.8 Å². The van der Waals surface area contributed by atoms with E-state index in [0.717, 1.165) is 19.3 Å². The van der Waals surface area contributed by atoms with Crippen LogP contribution in [0.5, 0.6) is 0 Å². The van der Waals surface area contributed by atoms with Crippen molar-refractivity contribution in [3.63, 3.8) is 0 Å². The fourth-order valence-corrected chi connectivity index (χ4v) is 3.10. The Kier molecular flexibility index (Phi) is 5.00. The molecule has 0 spiro atoms. The largest absolute Gasteiger partial charge is 0.396 e. The van der Waals surface area contributed by atoms with E-state index in [2.05, 4.69) is 34.3 Å². The second kappa shape index (κ2) is 5.86. The maximum atomic E-state index is 9.64. The minimum absolute atomic E-state index is 0.0589. The molecule has 0 radical (unpaired) electrons. The molecule has 0 saturated heterocycles. The van der Waals surface area contributed by atoms with Crippen molar-refractivity contribution in [1.29, 1.82) is 0 Å². The lowest BCUT2D eigenvalue weighted by Gasteiger charge is -2.30. The van der Waals surface area contributed by atoms with E-state index in [1.807, 2.05) is 0 Å². The molecule has 1 rings (SSSR count). The molecule has 0 bridgehead atoms. The molecule has 0 saturated carbocycles. The molecular formula is C16H28O. The van der Waals surface area contributed by atoms with E-state index < -0.39 is 0 Å². The van der Waals surface area contributed by atoms with E-state index in [1.54, 1.807) is 5.57 Å². The number of rotatable bonds is 6. The second-order valence-corrected chi connectivity index (χ2v) is 6.14. The minimum atomic E-state index is 0.0589. The zero-order chi connectivity index (χ0) is 13.1. The fraction of sp³-hybridized carbons (Fsp3) is 0.750. The summed E-state index contributed by atoms with van der Waals surface area (Å²) in [6.07, 6.45) is 5.72. The Bertz CT molecular complexity index is 313. The predicted octanol–water partition coefficient (Wildman–Crippen LogP) is 4.48. The zero-order valence-electron chi connectivity index (χ0n) is 12.0. The Morgan fingerprint density at radius 3 is 2.65 bits per heavy atom. The summed E-state index contributed by atoms with van der Waals surface area (Å²) in [4.78, 5) is 0. The van der Waals surface area contributed by atoms with Gasteiger partial charge in [-0.1, -0.05) is 43.6 Å². The van der Waals surface area contributed by atoms with E-state index in [-0.39, 0.29) is 5.41 Å². The highest BCUT2D eigenvalue weighted by Crippen LogP contribution is 2.43. The van der Waals surface area contributed by atoms with E-state index in [9.17, 15) is 5.11 Å². The molecule has 0 aromatic rings. The molecule has 1 heteroatoms. The van der Waals surface area contributed by atoms with Crippen molar-refractivity contribution in [1.82, 2.24) is 0 Å². The van der Waals surface area contributed by atoms with Crippen molar-refractivity contribution in [2.24, 2.45) is 11.3 Å². The van der Waals surface area contributed by atoms with Gasteiger partial charge in [0.15, 0.2) is 0 Å². The Labute approximate surface area is 107 Å². The van der Waals surface area contributed by atoms with Crippen molar-refractivity contribution >= 4 is 0 Å². The Hall–Kier alpha value is -0.560. The van der Waals surface area contributed by atoms with Crippen LogP contribution < -0.4 is 0 Å². The van der Waals surface area contributed by atoms with Gasteiger partial charge >= 0.3 is 0 Å². The lowest BCUT2D eigenvalue weighted by Crippen LogP contribution is -2.23. The molecule has 17 heavy (non-hydrogen) atoms. The first-order chi connectivity index (χ1) is 7.93. The highest BCUT2D eigenvalue weighted by atomic mass is 16.3. The normalized spacial score (nSPS) is 23.9. The molecular weight excluding hydrogens is 208 g/mol. The summed E-state index contributed by atoms with van der Waals surface area (Å²) in [5.41, 5.74) is 4.44. The number of aliphatic hydroxyl groups is 1. The summed E-state index contributed by atoms with van der Waals surface area (Å²) >= 11 is 0. The summed E-state index contributed by atoms with van der Waals surface area (Å²) in [6, 6.07) is 0. The topological polar surface area (TPSA) is 20.2 Å². The van der Waals surface area contributed by atoms with Gasteiger partial charge in [0.1, 0.15) is 0 Å². The molecule has 0 amide bonds. The van der Waals surface area contributed by atoms with Gasteiger partial charge in [0.25, 0.3) is 0 Å². The molecule has 98 valence electrons. The van der Waals surface area contributed by atoms with Gasteiger partial charge in [-0.05, 0) is 44.9 Å². The summed E-state index contributed by atoms with van der Waals surface area (Å²) in [6.45, 7) is 13.2. The van der Waals surface area contributed by atoms with E-state index in [4.69, 9.17) is 0 Å². The maximum absolute atomic E-state index is 9.64. The average Bonchev–Trinajstić information content (AvgIpc) is 2.61. The van der Waals surface area contributed by atoms with Crippen LogP contribution in [-0.2, 0) is 0 Å². The van der Waals surface area contributed by atoms with Gasteiger partial charge in [-0.3, -0.25) is 0 Å². The van der Waals surface area contributed by atoms with Gasteiger partial charge in [0, 0.05) is 12.5 Å². The van der Waals surface area contributed by atoms with Crippen LogP contribution in [0, 0.1) is 11.3 Å². The van der Waals surface area contributed by atoms with Gasteiger partial charge < -0.3 is 5.11 Å². The number of aliphatic hydroxyl groups excluding tert-OH is 1. The van der Waals surface area contributed by atoms with Crippen molar-refractivity contribution in [3.8, 4) is 0 Å². The van der Waals surface area contributed by atoms with Crippen LogP contribution >= 0.6 is 0 Å². The van der Waals surface area contributed by atoms with Crippen LogP contribution in [0.2, 0.25) is 0 Å². The molecule has 1 aliphatic carbocycles. The molecule has 0 aliphatic heterocycles. The lowest BCUT2D eigenvalue weighted by atomic mass is 9.76. The molecule has 1 aliphatic rings. The molecule has 0 fully saturated rings. The van der Waals surface area contributed by atoms with Crippen molar-refractivity contribution in [3.05, 3.63) is 23.3 Å². The molecule has 2 atom stereocenters. The molecule has 0 aromatic carbocycles.